The molecule has 1 saturated heterocycles. The van der Waals surface area contributed by atoms with Crippen LogP contribution in [0.5, 0.6) is 5.75 Å². The molecule has 1 aliphatic rings. The van der Waals surface area contributed by atoms with E-state index in [9.17, 15) is 9.59 Å². The number of nitrogens with zero attached hydrogens (tertiary/aromatic N) is 1. The fourth-order valence-corrected chi connectivity index (χ4v) is 3.83. The third-order valence-electron chi connectivity index (χ3n) is 5.31. The summed E-state index contributed by atoms with van der Waals surface area (Å²) in [6, 6.07) is 4.03. The Hall–Kier alpha value is -2.18. The lowest BCUT2D eigenvalue weighted by Gasteiger charge is -2.38. The van der Waals surface area contributed by atoms with Crippen LogP contribution in [0.15, 0.2) is 18.2 Å². The Morgan fingerprint density at radius 2 is 2.13 bits per heavy atom. The highest BCUT2D eigenvalue weighted by molar-refractivity contribution is 5.97. The molecule has 0 saturated carbocycles. The maximum absolute atomic E-state index is 13.5. The number of carbonyl (C=O) groups is 2. The monoisotopic (exact) mass is 416 g/mol. The van der Waals surface area contributed by atoms with E-state index in [2.05, 4.69) is 19.2 Å². The second-order valence-corrected chi connectivity index (χ2v) is 8.25. The van der Waals surface area contributed by atoms with Gasteiger partial charge < -0.3 is 20.1 Å². The first-order chi connectivity index (χ1) is 14.3. The molecular weight excluding hydrogens is 380 g/mol. The Balaban J connectivity index is 2.36. The number of rotatable bonds is 10. The van der Waals surface area contributed by atoms with Crippen LogP contribution >= 0.6 is 0 Å². The number of hydrogen-bond acceptors (Lipinski definition) is 5. The summed E-state index contributed by atoms with van der Waals surface area (Å²) in [7, 11) is 0. The van der Waals surface area contributed by atoms with Crippen LogP contribution in [-0.4, -0.2) is 60.1 Å². The number of amides is 1. The van der Waals surface area contributed by atoms with Crippen LogP contribution in [0.25, 0.3) is 6.08 Å². The quantitative estimate of drug-likeness (QED) is 0.572. The van der Waals surface area contributed by atoms with Crippen LogP contribution in [0.1, 0.15) is 67.9 Å². The number of benzene rings is 1. The number of piperidine rings is 1. The minimum absolute atomic E-state index is 0.0162. The summed E-state index contributed by atoms with van der Waals surface area (Å²) < 4.78 is 5.89. The predicted octanol–water partition coefficient (Wildman–Crippen LogP) is 3.35. The summed E-state index contributed by atoms with van der Waals surface area (Å²) in [6.07, 6.45) is 6.61. The van der Waals surface area contributed by atoms with E-state index in [0.717, 1.165) is 37.1 Å². The lowest BCUT2D eigenvalue weighted by molar-refractivity contribution is -0.116. The molecule has 0 bridgehead atoms. The van der Waals surface area contributed by atoms with Crippen LogP contribution in [0.2, 0.25) is 0 Å². The standard InChI is InChI=1S/C24H36N2O4/c1-17(2)26(21-10-6-11-25-16-21)24(29)22-15-23(30-13-7-12-27)20(14-18(22)3)9-5-8-19(4)28/h5,9,14-15,17,21,25,27H,6-8,10-13,16H2,1-4H3/b9-5+/t21-/m1/s1. The smallest absolute Gasteiger partial charge is 0.254 e. The minimum atomic E-state index is 0.0162. The van der Waals surface area contributed by atoms with Gasteiger partial charge in [0.1, 0.15) is 11.5 Å². The number of aliphatic hydroxyl groups excluding tert-OH is 1. The molecule has 2 N–H and O–H groups in total. The molecule has 1 aromatic rings. The van der Waals surface area contributed by atoms with E-state index in [4.69, 9.17) is 9.84 Å². The second-order valence-electron chi connectivity index (χ2n) is 8.25. The molecule has 1 amide bonds. The van der Waals surface area contributed by atoms with E-state index in [-0.39, 0.29) is 30.4 Å². The molecule has 1 aromatic carbocycles. The van der Waals surface area contributed by atoms with Gasteiger partial charge in [0, 0.05) is 49.2 Å². The Labute approximate surface area is 180 Å². The highest BCUT2D eigenvalue weighted by atomic mass is 16.5. The van der Waals surface area contributed by atoms with Crippen molar-refractivity contribution in [2.75, 3.05) is 26.3 Å². The average Bonchev–Trinajstić information content (AvgIpc) is 2.70. The summed E-state index contributed by atoms with van der Waals surface area (Å²) in [5, 5.41) is 12.5. The zero-order valence-corrected chi connectivity index (χ0v) is 18.7. The van der Waals surface area contributed by atoms with Crippen LogP contribution < -0.4 is 10.1 Å². The first-order valence-corrected chi connectivity index (χ1v) is 10.9. The number of aliphatic hydroxyl groups is 1. The van der Waals surface area contributed by atoms with Crippen molar-refractivity contribution in [3.05, 3.63) is 34.9 Å². The van der Waals surface area contributed by atoms with E-state index in [1.54, 1.807) is 6.92 Å². The van der Waals surface area contributed by atoms with Gasteiger partial charge in [-0.05, 0) is 64.8 Å². The van der Waals surface area contributed by atoms with Crippen LogP contribution in [-0.2, 0) is 4.79 Å². The molecule has 0 aromatic heterocycles. The SMILES string of the molecule is CC(=O)C/C=C/c1cc(C)c(C(=O)N(C(C)C)[C@@H]2CCCNC2)cc1OCCCO. The van der Waals surface area contributed by atoms with E-state index in [0.29, 0.717) is 30.8 Å². The molecule has 1 aliphatic heterocycles. The zero-order valence-electron chi connectivity index (χ0n) is 18.7. The van der Waals surface area contributed by atoms with Crippen LogP contribution in [0.3, 0.4) is 0 Å². The number of Topliss-reactive ketones (excluding diaryl/α,β-unsaturated/α-hetero) is 1. The van der Waals surface area contributed by atoms with Crippen molar-refractivity contribution in [2.45, 2.75) is 65.5 Å². The van der Waals surface area contributed by atoms with Gasteiger partial charge in [0.2, 0.25) is 0 Å². The lowest BCUT2D eigenvalue weighted by Crippen LogP contribution is -2.51. The summed E-state index contributed by atoms with van der Waals surface area (Å²) in [5.74, 6) is 0.705. The van der Waals surface area contributed by atoms with Crippen molar-refractivity contribution in [2.24, 2.45) is 0 Å². The molecule has 0 radical (unpaired) electrons. The van der Waals surface area contributed by atoms with Crippen LogP contribution in [0, 0.1) is 6.92 Å². The third-order valence-corrected chi connectivity index (χ3v) is 5.31. The number of hydrogen-bond donors (Lipinski definition) is 2. The molecule has 0 unspecified atom stereocenters. The molecule has 1 heterocycles. The van der Waals surface area contributed by atoms with Gasteiger partial charge in [-0.15, -0.1) is 0 Å². The highest BCUT2D eigenvalue weighted by Gasteiger charge is 2.29. The van der Waals surface area contributed by atoms with Crippen molar-refractivity contribution in [3.63, 3.8) is 0 Å². The Bertz CT molecular complexity index is 752. The third kappa shape index (κ3) is 6.67. The number of nitrogens with one attached hydrogen (secondary N) is 1. The molecule has 1 atom stereocenters. The molecule has 2 rings (SSSR count). The predicted molar refractivity (Wildman–Crippen MR) is 120 cm³/mol. The normalized spacial score (nSPS) is 16.8. The van der Waals surface area contributed by atoms with Crippen LogP contribution in [0.4, 0.5) is 0 Å². The van der Waals surface area contributed by atoms with Gasteiger partial charge in [0.15, 0.2) is 0 Å². The van der Waals surface area contributed by atoms with Gasteiger partial charge in [-0.1, -0.05) is 12.2 Å². The van der Waals surface area contributed by atoms with E-state index in [1.165, 1.54) is 0 Å². The van der Waals surface area contributed by atoms with Gasteiger partial charge in [0.25, 0.3) is 5.91 Å². The minimum Gasteiger partial charge on any atom is -0.493 e. The molecule has 1 fully saturated rings. The average molecular weight is 417 g/mol. The number of aryl methyl sites for hydroxylation is 1. The molecule has 6 heteroatoms. The van der Waals surface area contributed by atoms with Crippen molar-refractivity contribution >= 4 is 17.8 Å². The number of allylic oxidation sites excluding steroid dienone is 1. The topological polar surface area (TPSA) is 78.9 Å². The lowest BCUT2D eigenvalue weighted by atomic mass is 9.98. The summed E-state index contributed by atoms with van der Waals surface area (Å²) in [5.41, 5.74) is 2.35. The van der Waals surface area contributed by atoms with Gasteiger partial charge >= 0.3 is 0 Å². The molecule has 30 heavy (non-hydrogen) atoms. The number of ether oxygens (including phenoxy) is 1. The van der Waals surface area contributed by atoms with Gasteiger partial charge in [-0.25, -0.2) is 0 Å². The maximum atomic E-state index is 13.5. The summed E-state index contributed by atoms with van der Waals surface area (Å²) >= 11 is 0. The van der Waals surface area contributed by atoms with Gasteiger partial charge in [-0.3, -0.25) is 9.59 Å². The molecule has 6 nitrogen and oxygen atoms in total. The van der Waals surface area contributed by atoms with Crippen molar-refractivity contribution in [3.8, 4) is 5.75 Å². The highest BCUT2D eigenvalue weighted by Crippen LogP contribution is 2.28. The van der Waals surface area contributed by atoms with Crippen molar-refractivity contribution in [1.82, 2.24) is 10.2 Å². The summed E-state index contributed by atoms with van der Waals surface area (Å²) in [4.78, 5) is 26.8. The van der Waals surface area contributed by atoms with Crippen molar-refractivity contribution in [1.29, 1.82) is 0 Å². The number of carbonyl (C=O) groups excluding carboxylic acids is 2. The van der Waals surface area contributed by atoms with Gasteiger partial charge in [0.05, 0.1) is 6.61 Å². The largest absolute Gasteiger partial charge is 0.493 e. The molecule has 166 valence electrons. The van der Waals surface area contributed by atoms with Crippen molar-refractivity contribution < 1.29 is 19.4 Å². The Kier molecular flexibility index (Phi) is 9.53. The molecule has 0 spiro atoms. The van der Waals surface area contributed by atoms with E-state index < -0.39 is 0 Å². The van der Waals surface area contributed by atoms with E-state index in [1.807, 2.05) is 36.1 Å². The molecular formula is C24H36N2O4. The fourth-order valence-electron chi connectivity index (χ4n) is 3.83. The fraction of sp³-hybridized carbons (Fsp3) is 0.583. The Morgan fingerprint density at radius 3 is 2.73 bits per heavy atom. The molecule has 0 aliphatic carbocycles. The second kappa shape index (κ2) is 11.9. The van der Waals surface area contributed by atoms with E-state index >= 15 is 0 Å². The first-order valence-electron chi connectivity index (χ1n) is 10.9. The number of ketones is 1. The zero-order chi connectivity index (χ0) is 22.1. The summed E-state index contributed by atoms with van der Waals surface area (Å²) in [6.45, 7) is 9.82. The maximum Gasteiger partial charge on any atom is 0.254 e. The Morgan fingerprint density at radius 1 is 1.37 bits per heavy atom. The first kappa shape index (κ1) is 24.1. The van der Waals surface area contributed by atoms with Gasteiger partial charge in [-0.2, -0.15) is 0 Å².